The van der Waals surface area contributed by atoms with Gasteiger partial charge in [-0.3, -0.25) is 9.59 Å². The molecule has 2 saturated heterocycles. The van der Waals surface area contributed by atoms with Crippen molar-refractivity contribution in [2.45, 2.75) is 62.1 Å². The van der Waals surface area contributed by atoms with E-state index in [9.17, 15) is 27.9 Å². The molecule has 12 heteroatoms. The van der Waals surface area contributed by atoms with Crippen LogP contribution in [0.5, 0.6) is 0 Å². The second-order valence-electron chi connectivity index (χ2n) is 10.6. The van der Waals surface area contributed by atoms with Gasteiger partial charge in [0.25, 0.3) is 0 Å². The number of ether oxygens (including phenoxy) is 2. The highest BCUT2D eigenvalue weighted by molar-refractivity contribution is 7.99. The second-order valence-corrected chi connectivity index (χ2v) is 11.6. The van der Waals surface area contributed by atoms with Gasteiger partial charge >= 0.3 is 12.1 Å². The summed E-state index contributed by atoms with van der Waals surface area (Å²) in [7, 11) is 0. The fourth-order valence-corrected chi connectivity index (χ4v) is 6.37. The Hall–Kier alpha value is -3.45. The number of aliphatic hydroxyl groups excluding tert-OH is 1. The molecule has 2 aliphatic rings. The minimum Gasteiger partial charge on any atom is -0.392 e. The lowest BCUT2D eigenvalue weighted by Crippen LogP contribution is -2.48. The molecule has 0 spiro atoms. The standard InChI is InChI=1S/C31H32F3N3O5S/c1-19-25(18-43-26-9-2-3-14-35-26)41-29(42-27(19)21-12-10-20(17-38)11-13-21)22-6-4-7-23(16-22)36-28(39)24-8-5-15-37(24)30(40)31(32,33)34/h2-4,6-7,9-14,16,19,24-25,27,29,38H,5,8,15,17-18H2,1H3,(H,36,39)/t19-,24-,25+,27+,29+/m0/s1. The zero-order chi connectivity index (χ0) is 30.6. The molecule has 228 valence electrons. The summed E-state index contributed by atoms with van der Waals surface area (Å²) in [4.78, 5) is 29.8. The molecule has 2 aliphatic heterocycles. The van der Waals surface area contributed by atoms with Crippen LogP contribution in [0.2, 0.25) is 0 Å². The Kier molecular flexibility index (Phi) is 9.70. The molecule has 2 N–H and O–H groups in total. The van der Waals surface area contributed by atoms with Crippen molar-refractivity contribution in [1.82, 2.24) is 9.88 Å². The highest BCUT2D eigenvalue weighted by Gasteiger charge is 2.47. The first-order chi connectivity index (χ1) is 20.6. The smallest absolute Gasteiger partial charge is 0.392 e. The quantitative estimate of drug-likeness (QED) is 0.316. The summed E-state index contributed by atoms with van der Waals surface area (Å²) in [5.41, 5.74) is 2.67. The number of nitrogens with zero attached hydrogens (tertiary/aromatic N) is 2. The maximum Gasteiger partial charge on any atom is 0.471 e. The molecule has 1 aromatic heterocycles. The summed E-state index contributed by atoms with van der Waals surface area (Å²) in [5, 5.41) is 13.0. The number of rotatable bonds is 8. The van der Waals surface area contributed by atoms with Gasteiger partial charge in [-0.25, -0.2) is 4.98 Å². The van der Waals surface area contributed by atoms with E-state index in [4.69, 9.17) is 9.47 Å². The van der Waals surface area contributed by atoms with Crippen molar-refractivity contribution >= 4 is 29.3 Å². The SMILES string of the molecule is C[C@H]1[C@@H](CSc2ccccn2)O[C@@H](c2cccc(NC(=O)[C@@H]3CCCN3C(=O)C(F)(F)F)c2)O[C@H]1c1ccc(CO)cc1. The first-order valence-electron chi connectivity index (χ1n) is 14.0. The predicted molar refractivity (Wildman–Crippen MR) is 154 cm³/mol. The van der Waals surface area contributed by atoms with Crippen LogP contribution >= 0.6 is 11.8 Å². The van der Waals surface area contributed by atoms with Gasteiger partial charge in [0.15, 0.2) is 6.29 Å². The number of carbonyl (C=O) groups excluding carboxylic acids is 2. The molecule has 0 radical (unpaired) electrons. The van der Waals surface area contributed by atoms with Crippen LogP contribution in [-0.4, -0.2) is 57.4 Å². The van der Waals surface area contributed by atoms with Crippen LogP contribution in [0.15, 0.2) is 78.0 Å². The van der Waals surface area contributed by atoms with E-state index in [0.717, 1.165) is 16.2 Å². The molecule has 2 aromatic carbocycles. The lowest BCUT2D eigenvalue weighted by molar-refractivity contribution is -0.268. The molecule has 5 rings (SSSR count). The van der Waals surface area contributed by atoms with Crippen LogP contribution in [0, 0.1) is 5.92 Å². The largest absolute Gasteiger partial charge is 0.471 e. The van der Waals surface area contributed by atoms with Gasteiger partial charge in [0.2, 0.25) is 5.91 Å². The first-order valence-corrected chi connectivity index (χ1v) is 15.0. The second kappa shape index (κ2) is 13.5. The van der Waals surface area contributed by atoms with E-state index >= 15 is 0 Å². The maximum absolute atomic E-state index is 13.1. The van der Waals surface area contributed by atoms with Crippen molar-refractivity contribution < 1.29 is 37.3 Å². The number of aromatic nitrogens is 1. The third-order valence-electron chi connectivity index (χ3n) is 7.64. The summed E-state index contributed by atoms with van der Waals surface area (Å²) in [5.74, 6) is -2.14. The first kappa shape index (κ1) is 31.0. The fraction of sp³-hybridized carbons (Fsp3) is 0.387. The number of hydrogen-bond acceptors (Lipinski definition) is 7. The van der Waals surface area contributed by atoms with E-state index in [1.165, 1.54) is 0 Å². The number of alkyl halides is 3. The van der Waals surface area contributed by atoms with Crippen LogP contribution in [-0.2, 0) is 25.7 Å². The summed E-state index contributed by atoms with van der Waals surface area (Å²) in [6, 6.07) is 18.8. The van der Waals surface area contributed by atoms with Gasteiger partial charge in [-0.15, -0.1) is 11.8 Å². The van der Waals surface area contributed by atoms with E-state index in [1.54, 1.807) is 42.2 Å². The van der Waals surface area contributed by atoms with Gasteiger partial charge in [-0.05, 0) is 48.2 Å². The molecule has 2 fully saturated rings. The van der Waals surface area contributed by atoms with E-state index < -0.39 is 30.3 Å². The number of benzene rings is 2. The number of amides is 2. The predicted octanol–water partition coefficient (Wildman–Crippen LogP) is 5.65. The Morgan fingerprint density at radius 3 is 2.56 bits per heavy atom. The number of thioether (sulfide) groups is 1. The summed E-state index contributed by atoms with van der Waals surface area (Å²) >= 11 is 1.57. The van der Waals surface area contributed by atoms with Gasteiger partial charge in [-0.2, -0.15) is 13.2 Å². The number of carbonyl (C=O) groups is 2. The minimum atomic E-state index is -5.05. The third-order valence-corrected chi connectivity index (χ3v) is 8.67. The summed E-state index contributed by atoms with van der Waals surface area (Å²) in [6.07, 6.45) is -4.26. The number of nitrogens with one attached hydrogen (secondary N) is 1. The lowest BCUT2D eigenvalue weighted by atomic mass is 9.91. The van der Waals surface area contributed by atoms with Crippen molar-refractivity contribution in [3.8, 4) is 0 Å². The average molecular weight is 616 g/mol. The number of anilines is 1. The molecular weight excluding hydrogens is 583 g/mol. The van der Waals surface area contributed by atoms with Crippen molar-refractivity contribution in [3.63, 3.8) is 0 Å². The average Bonchev–Trinajstić information content (AvgIpc) is 3.50. The Bertz CT molecular complexity index is 1410. The minimum absolute atomic E-state index is 0.0464. The van der Waals surface area contributed by atoms with E-state index in [-0.39, 0.29) is 37.7 Å². The Balaban J connectivity index is 1.35. The summed E-state index contributed by atoms with van der Waals surface area (Å²) < 4.78 is 52.1. The molecule has 0 saturated carbocycles. The molecule has 2 amide bonds. The Morgan fingerprint density at radius 2 is 1.86 bits per heavy atom. The van der Waals surface area contributed by atoms with Crippen LogP contribution in [0.1, 0.15) is 48.8 Å². The van der Waals surface area contributed by atoms with Gasteiger partial charge in [0.05, 0.1) is 23.8 Å². The zero-order valence-corrected chi connectivity index (χ0v) is 24.2. The zero-order valence-electron chi connectivity index (χ0n) is 23.4. The maximum atomic E-state index is 13.1. The fourth-order valence-electron chi connectivity index (χ4n) is 5.34. The molecule has 3 aromatic rings. The number of hydrogen-bond donors (Lipinski definition) is 2. The van der Waals surface area contributed by atoms with Gasteiger partial charge < -0.3 is 24.8 Å². The van der Waals surface area contributed by atoms with Gasteiger partial charge in [0.1, 0.15) is 6.04 Å². The van der Waals surface area contributed by atoms with Crippen molar-refractivity contribution in [3.05, 3.63) is 89.6 Å². The lowest BCUT2D eigenvalue weighted by Gasteiger charge is -2.41. The molecule has 5 atom stereocenters. The molecule has 0 bridgehead atoms. The van der Waals surface area contributed by atoms with Crippen molar-refractivity contribution in [1.29, 1.82) is 0 Å². The topological polar surface area (TPSA) is 101 Å². The molecule has 43 heavy (non-hydrogen) atoms. The van der Waals surface area contributed by atoms with E-state index in [1.807, 2.05) is 42.5 Å². The Labute approximate surface area is 251 Å². The Morgan fingerprint density at radius 1 is 1.07 bits per heavy atom. The number of likely N-dealkylation sites (tertiary alicyclic amines) is 1. The molecule has 8 nitrogen and oxygen atoms in total. The molecular formula is C31H32F3N3O5S. The molecule has 3 heterocycles. The van der Waals surface area contributed by atoms with Crippen molar-refractivity contribution in [2.75, 3.05) is 17.6 Å². The van der Waals surface area contributed by atoms with Crippen LogP contribution in [0.3, 0.4) is 0 Å². The number of pyridine rings is 1. The number of halogens is 3. The van der Waals surface area contributed by atoms with Crippen LogP contribution in [0.25, 0.3) is 0 Å². The van der Waals surface area contributed by atoms with E-state index in [2.05, 4.69) is 17.2 Å². The van der Waals surface area contributed by atoms with Gasteiger partial charge in [0, 0.05) is 35.7 Å². The highest BCUT2D eigenvalue weighted by Crippen LogP contribution is 2.43. The normalized spacial score (nSPS) is 24.1. The highest BCUT2D eigenvalue weighted by atomic mass is 32.2. The van der Waals surface area contributed by atoms with E-state index in [0.29, 0.717) is 28.3 Å². The monoisotopic (exact) mass is 615 g/mol. The van der Waals surface area contributed by atoms with Crippen LogP contribution in [0.4, 0.5) is 18.9 Å². The third kappa shape index (κ3) is 7.38. The summed E-state index contributed by atoms with van der Waals surface area (Å²) in [6.45, 7) is 1.85. The molecule has 0 aliphatic carbocycles. The number of aliphatic hydroxyl groups is 1. The van der Waals surface area contributed by atoms with Crippen molar-refractivity contribution in [2.24, 2.45) is 5.92 Å². The molecule has 0 unspecified atom stereocenters. The van der Waals surface area contributed by atoms with Gasteiger partial charge in [-0.1, -0.05) is 49.4 Å². The van der Waals surface area contributed by atoms with Crippen LogP contribution < -0.4 is 5.32 Å².